The van der Waals surface area contributed by atoms with Crippen molar-refractivity contribution < 1.29 is 14.3 Å². The number of aromatic amines is 1. The number of aryl methyl sites for hydroxylation is 1. The molecular formula is C25H26N4O3. The van der Waals surface area contributed by atoms with Gasteiger partial charge in [-0.3, -0.25) is 4.79 Å². The summed E-state index contributed by atoms with van der Waals surface area (Å²) in [5.41, 5.74) is 3.97. The highest BCUT2D eigenvalue weighted by Gasteiger charge is 2.24. The summed E-state index contributed by atoms with van der Waals surface area (Å²) >= 11 is 0. The highest BCUT2D eigenvalue weighted by Crippen LogP contribution is 2.19. The summed E-state index contributed by atoms with van der Waals surface area (Å²) in [5.74, 6) is -0.669. The summed E-state index contributed by atoms with van der Waals surface area (Å²) in [6.07, 6.45) is 7.57. The van der Waals surface area contributed by atoms with Gasteiger partial charge in [-0.05, 0) is 24.1 Å². The molecule has 7 nitrogen and oxygen atoms in total. The number of para-hydroxylation sites is 1. The highest BCUT2D eigenvalue weighted by atomic mass is 16.5. The van der Waals surface area contributed by atoms with Crippen LogP contribution >= 0.6 is 0 Å². The first-order chi connectivity index (χ1) is 15.6. The van der Waals surface area contributed by atoms with Crippen molar-refractivity contribution in [2.24, 2.45) is 0 Å². The van der Waals surface area contributed by atoms with Gasteiger partial charge in [-0.1, -0.05) is 48.0 Å². The number of carbonyl (C=O) groups is 2. The van der Waals surface area contributed by atoms with Crippen molar-refractivity contribution >= 4 is 22.8 Å². The number of aromatic nitrogens is 3. The van der Waals surface area contributed by atoms with Crippen LogP contribution in [-0.2, 0) is 33.7 Å². The monoisotopic (exact) mass is 430 g/mol. The number of rotatable bonds is 9. The Bertz CT molecular complexity index is 1180. The lowest BCUT2D eigenvalue weighted by Crippen LogP contribution is -2.44. The Labute approximate surface area is 186 Å². The van der Waals surface area contributed by atoms with Crippen LogP contribution < -0.4 is 5.32 Å². The van der Waals surface area contributed by atoms with Crippen LogP contribution in [0.25, 0.3) is 10.9 Å². The Kier molecular flexibility index (Phi) is 6.65. The third-order valence-corrected chi connectivity index (χ3v) is 5.36. The second-order valence-corrected chi connectivity index (χ2v) is 7.81. The maximum atomic E-state index is 12.9. The van der Waals surface area contributed by atoms with Crippen molar-refractivity contribution in [2.75, 3.05) is 6.61 Å². The Morgan fingerprint density at radius 1 is 1.16 bits per heavy atom. The third-order valence-electron chi connectivity index (χ3n) is 5.36. The standard InChI is InChI=1S/C25H26N4O3/c1-18-6-8-19(9-7-18)14-24(30)28-23(25(31)32-13-12-29-11-10-26-17-29)15-20-16-27-22-5-3-2-4-21(20)22/h2-11,16-17,23,27H,12-15H2,1H3,(H,28,30)/t23-/m1/s1. The van der Waals surface area contributed by atoms with Gasteiger partial charge in [0.1, 0.15) is 12.6 Å². The Morgan fingerprint density at radius 3 is 2.75 bits per heavy atom. The van der Waals surface area contributed by atoms with E-state index in [1.54, 1.807) is 18.7 Å². The summed E-state index contributed by atoms with van der Waals surface area (Å²) in [7, 11) is 0. The quantitative estimate of drug-likeness (QED) is 0.399. The Balaban J connectivity index is 1.45. The fraction of sp³-hybridized carbons (Fsp3) is 0.240. The molecule has 2 aromatic carbocycles. The molecule has 0 aliphatic heterocycles. The lowest BCUT2D eigenvalue weighted by Gasteiger charge is -2.18. The van der Waals surface area contributed by atoms with Gasteiger partial charge in [-0.25, -0.2) is 9.78 Å². The lowest BCUT2D eigenvalue weighted by atomic mass is 10.0. The molecule has 0 saturated heterocycles. The van der Waals surface area contributed by atoms with Gasteiger partial charge in [-0.2, -0.15) is 0 Å². The summed E-state index contributed by atoms with van der Waals surface area (Å²) in [6.45, 7) is 2.71. The average molecular weight is 431 g/mol. The Hall–Kier alpha value is -3.87. The number of H-pyrrole nitrogens is 1. The van der Waals surface area contributed by atoms with E-state index in [4.69, 9.17) is 4.74 Å². The maximum Gasteiger partial charge on any atom is 0.329 e. The minimum absolute atomic E-state index is 0.201. The van der Waals surface area contributed by atoms with Gasteiger partial charge >= 0.3 is 5.97 Å². The minimum atomic E-state index is -0.782. The number of nitrogens with one attached hydrogen (secondary N) is 2. The van der Waals surface area contributed by atoms with Gasteiger partial charge in [0.25, 0.3) is 0 Å². The molecule has 0 saturated carbocycles. The lowest BCUT2D eigenvalue weighted by molar-refractivity contribution is -0.148. The topological polar surface area (TPSA) is 89.0 Å². The molecule has 32 heavy (non-hydrogen) atoms. The van der Waals surface area contributed by atoms with E-state index in [0.717, 1.165) is 27.6 Å². The van der Waals surface area contributed by atoms with E-state index in [9.17, 15) is 9.59 Å². The number of hydrogen-bond acceptors (Lipinski definition) is 4. The van der Waals surface area contributed by atoms with E-state index >= 15 is 0 Å². The molecule has 164 valence electrons. The van der Waals surface area contributed by atoms with E-state index in [2.05, 4.69) is 15.3 Å². The van der Waals surface area contributed by atoms with Crippen LogP contribution in [0, 0.1) is 6.92 Å². The molecule has 1 amide bonds. The van der Waals surface area contributed by atoms with E-state index in [0.29, 0.717) is 13.0 Å². The van der Waals surface area contributed by atoms with Crippen molar-refractivity contribution in [1.29, 1.82) is 0 Å². The largest absolute Gasteiger partial charge is 0.462 e. The van der Waals surface area contributed by atoms with Gasteiger partial charge in [0.05, 0.1) is 19.3 Å². The molecule has 0 aliphatic carbocycles. The molecule has 4 rings (SSSR count). The van der Waals surface area contributed by atoms with Crippen molar-refractivity contribution in [3.63, 3.8) is 0 Å². The van der Waals surface area contributed by atoms with Crippen molar-refractivity contribution in [1.82, 2.24) is 19.9 Å². The van der Waals surface area contributed by atoms with Crippen LogP contribution in [0.15, 0.2) is 73.4 Å². The predicted octanol–water partition coefficient (Wildman–Crippen LogP) is 3.19. The molecule has 2 aromatic heterocycles. The first-order valence-electron chi connectivity index (χ1n) is 10.6. The van der Waals surface area contributed by atoms with Crippen molar-refractivity contribution in [3.05, 3.63) is 90.1 Å². The van der Waals surface area contributed by atoms with Crippen molar-refractivity contribution in [2.45, 2.75) is 32.4 Å². The van der Waals surface area contributed by atoms with Crippen LogP contribution in [-0.4, -0.2) is 39.1 Å². The zero-order valence-electron chi connectivity index (χ0n) is 18.0. The molecule has 2 N–H and O–H groups in total. The minimum Gasteiger partial charge on any atom is -0.462 e. The number of carbonyl (C=O) groups excluding carboxylic acids is 2. The number of ether oxygens (including phenoxy) is 1. The van der Waals surface area contributed by atoms with Gasteiger partial charge in [0, 0.05) is 35.9 Å². The second-order valence-electron chi connectivity index (χ2n) is 7.81. The zero-order valence-corrected chi connectivity index (χ0v) is 18.0. The van der Waals surface area contributed by atoms with E-state index in [1.807, 2.05) is 66.2 Å². The number of imidazole rings is 1. The molecular weight excluding hydrogens is 404 g/mol. The maximum absolute atomic E-state index is 12.9. The molecule has 0 spiro atoms. The first kappa shape index (κ1) is 21.4. The summed E-state index contributed by atoms with van der Waals surface area (Å²) in [6, 6.07) is 14.9. The van der Waals surface area contributed by atoms with Gasteiger partial charge in [0.15, 0.2) is 0 Å². The number of nitrogens with zero attached hydrogens (tertiary/aromatic N) is 2. The van der Waals surface area contributed by atoms with Gasteiger partial charge in [0.2, 0.25) is 5.91 Å². The molecule has 1 atom stereocenters. The summed E-state index contributed by atoms with van der Waals surface area (Å²) in [4.78, 5) is 32.8. The van der Waals surface area contributed by atoms with E-state index in [1.165, 1.54) is 0 Å². The normalized spacial score (nSPS) is 11.9. The molecule has 0 bridgehead atoms. The number of amides is 1. The van der Waals surface area contributed by atoms with Crippen LogP contribution in [0.4, 0.5) is 0 Å². The second kappa shape index (κ2) is 9.96. The fourth-order valence-corrected chi connectivity index (χ4v) is 3.62. The average Bonchev–Trinajstić information content (AvgIpc) is 3.45. The van der Waals surface area contributed by atoms with E-state index < -0.39 is 12.0 Å². The molecule has 0 unspecified atom stereocenters. The zero-order chi connectivity index (χ0) is 22.3. The number of esters is 1. The summed E-state index contributed by atoms with van der Waals surface area (Å²) in [5, 5.41) is 3.90. The van der Waals surface area contributed by atoms with Gasteiger partial charge in [-0.15, -0.1) is 0 Å². The SMILES string of the molecule is Cc1ccc(CC(=O)N[C@H](Cc2c[nH]c3ccccc23)C(=O)OCCn2ccnc2)cc1. The molecule has 2 heterocycles. The fourth-order valence-electron chi connectivity index (χ4n) is 3.62. The molecule has 0 radical (unpaired) electrons. The van der Waals surface area contributed by atoms with Crippen LogP contribution in [0.5, 0.6) is 0 Å². The number of benzene rings is 2. The summed E-state index contributed by atoms with van der Waals surface area (Å²) < 4.78 is 7.32. The van der Waals surface area contributed by atoms with Crippen molar-refractivity contribution in [3.8, 4) is 0 Å². The first-order valence-corrected chi connectivity index (χ1v) is 10.6. The number of fused-ring (bicyclic) bond motifs is 1. The highest BCUT2D eigenvalue weighted by molar-refractivity contribution is 5.88. The number of hydrogen-bond donors (Lipinski definition) is 2. The molecule has 0 fully saturated rings. The molecule has 7 heteroatoms. The van der Waals surface area contributed by atoms with Crippen LogP contribution in [0.1, 0.15) is 16.7 Å². The van der Waals surface area contributed by atoms with Crippen LogP contribution in [0.3, 0.4) is 0 Å². The Morgan fingerprint density at radius 2 is 1.97 bits per heavy atom. The smallest absolute Gasteiger partial charge is 0.329 e. The predicted molar refractivity (Wildman–Crippen MR) is 122 cm³/mol. The molecule has 0 aliphatic rings. The van der Waals surface area contributed by atoms with Crippen LogP contribution in [0.2, 0.25) is 0 Å². The van der Waals surface area contributed by atoms with Gasteiger partial charge < -0.3 is 19.6 Å². The third kappa shape index (κ3) is 5.43. The van der Waals surface area contributed by atoms with E-state index in [-0.39, 0.29) is 18.9 Å². The molecule has 4 aromatic rings.